The summed E-state index contributed by atoms with van der Waals surface area (Å²) < 4.78 is 24.8. The van der Waals surface area contributed by atoms with Crippen LogP contribution in [0.4, 0.5) is 10.1 Å². The second-order valence-corrected chi connectivity index (χ2v) is 5.99. The molecule has 7 heteroatoms. The lowest BCUT2D eigenvalue weighted by Gasteiger charge is -2.37. The minimum atomic E-state index is -0.852. The average molecular weight is 333 g/mol. The second kappa shape index (κ2) is 6.09. The van der Waals surface area contributed by atoms with Crippen LogP contribution in [0.2, 0.25) is 0 Å². The fraction of sp³-hybridized carbons (Fsp3) is 0.294. The van der Waals surface area contributed by atoms with Crippen LogP contribution in [0.5, 0.6) is 11.5 Å². The molecule has 0 fully saturated rings. The summed E-state index contributed by atoms with van der Waals surface area (Å²) in [6, 6.07) is 9.73. The molecule has 0 saturated carbocycles. The molecule has 0 amide bonds. The van der Waals surface area contributed by atoms with Crippen molar-refractivity contribution in [2.45, 2.75) is 25.0 Å². The maximum Gasteiger partial charge on any atom is 0.269 e. The largest absolute Gasteiger partial charge is 0.489 e. The van der Waals surface area contributed by atoms with E-state index in [9.17, 15) is 19.6 Å². The molecule has 24 heavy (non-hydrogen) atoms. The molecule has 0 aromatic heterocycles. The van der Waals surface area contributed by atoms with Gasteiger partial charge in [-0.15, -0.1) is 0 Å². The number of rotatable bonds is 4. The van der Waals surface area contributed by atoms with Gasteiger partial charge in [-0.3, -0.25) is 10.1 Å². The zero-order valence-corrected chi connectivity index (χ0v) is 12.9. The van der Waals surface area contributed by atoms with Crippen molar-refractivity contribution in [3.63, 3.8) is 0 Å². The minimum absolute atomic E-state index is 0.0196. The number of nitrogens with zero attached hydrogens (tertiary/aromatic N) is 1. The van der Waals surface area contributed by atoms with Crippen LogP contribution in [0.1, 0.15) is 25.0 Å². The molecule has 1 aliphatic heterocycles. The molecule has 0 aliphatic carbocycles. The first-order chi connectivity index (χ1) is 11.4. The van der Waals surface area contributed by atoms with Crippen molar-refractivity contribution < 1.29 is 23.9 Å². The Balaban J connectivity index is 1.71. The highest BCUT2D eigenvalue weighted by molar-refractivity contribution is 5.39. The molecule has 3 rings (SSSR count). The molecule has 2 aromatic rings. The number of hydrogen-bond acceptors (Lipinski definition) is 5. The number of ether oxygens (including phenoxy) is 2. The lowest BCUT2D eigenvalue weighted by atomic mass is 9.91. The molecule has 0 bridgehead atoms. The molecule has 1 aliphatic rings. The molecule has 2 atom stereocenters. The van der Waals surface area contributed by atoms with Crippen LogP contribution in [0.25, 0.3) is 0 Å². The number of aliphatic hydroxyl groups excluding tert-OH is 1. The zero-order valence-electron chi connectivity index (χ0n) is 12.9. The summed E-state index contributed by atoms with van der Waals surface area (Å²) in [7, 11) is 0. The topological polar surface area (TPSA) is 81.8 Å². The zero-order chi connectivity index (χ0) is 17.3. The van der Waals surface area contributed by atoms with Crippen LogP contribution in [-0.2, 0) is 0 Å². The van der Waals surface area contributed by atoms with Crippen LogP contribution >= 0.6 is 0 Å². The van der Waals surface area contributed by atoms with Crippen molar-refractivity contribution in [1.82, 2.24) is 0 Å². The van der Waals surface area contributed by atoms with E-state index in [-0.39, 0.29) is 18.7 Å². The quantitative estimate of drug-likeness (QED) is 0.685. The summed E-state index contributed by atoms with van der Waals surface area (Å²) in [6.07, 6.45) is -0.605. The van der Waals surface area contributed by atoms with E-state index in [0.29, 0.717) is 17.1 Å². The standard InChI is InChI=1S/C17H16FNO5/c1-17(10-23-13-5-3-12(4-6-13)19(21)22)9-15(20)14-8-11(18)2-7-16(14)24-17/h2-8,15,20H,9-10H2,1H3. The van der Waals surface area contributed by atoms with Crippen molar-refractivity contribution in [3.8, 4) is 11.5 Å². The monoisotopic (exact) mass is 333 g/mol. The van der Waals surface area contributed by atoms with Crippen molar-refractivity contribution in [2.75, 3.05) is 6.61 Å². The summed E-state index contributed by atoms with van der Waals surface area (Å²) in [5.41, 5.74) is -0.400. The van der Waals surface area contributed by atoms with E-state index in [1.165, 1.54) is 42.5 Å². The van der Waals surface area contributed by atoms with Gasteiger partial charge < -0.3 is 14.6 Å². The van der Waals surface area contributed by atoms with Gasteiger partial charge >= 0.3 is 0 Å². The molecule has 1 N–H and O–H groups in total. The summed E-state index contributed by atoms with van der Waals surface area (Å²) >= 11 is 0. The maximum atomic E-state index is 13.3. The Morgan fingerprint density at radius 1 is 1.38 bits per heavy atom. The summed E-state index contributed by atoms with van der Waals surface area (Å²) in [5, 5.41) is 20.9. The Morgan fingerprint density at radius 2 is 2.08 bits per heavy atom. The Morgan fingerprint density at radius 3 is 2.75 bits per heavy atom. The number of nitro benzene ring substituents is 1. The van der Waals surface area contributed by atoms with E-state index in [1.54, 1.807) is 6.92 Å². The van der Waals surface area contributed by atoms with E-state index in [4.69, 9.17) is 9.47 Å². The highest BCUT2D eigenvalue weighted by Gasteiger charge is 2.37. The van der Waals surface area contributed by atoms with Crippen LogP contribution in [-0.4, -0.2) is 22.2 Å². The van der Waals surface area contributed by atoms with Crippen molar-refractivity contribution in [1.29, 1.82) is 0 Å². The lowest BCUT2D eigenvalue weighted by Crippen LogP contribution is -2.43. The highest BCUT2D eigenvalue weighted by Crippen LogP contribution is 2.40. The SMILES string of the molecule is CC1(COc2ccc([N+](=O)[O-])cc2)CC(O)c2cc(F)ccc2O1. The van der Waals surface area contributed by atoms with E-state index in [0.717, 1.165) is 0 Å². The Kier molecular flexibility index (Phi) is 4.11. The van der Waals surface area contributed by atoms with Gasteiger partial charge in [0.1, 0.15) is 29.5 Å². The Bertz CT molecular complexity index is 764. The molecule has 6 nitrogen and oxygen atoms in total. The predicted molar refractivity (Wildman–Crippen MR) is 83.6 cm³/mol. The Labute approximate surface area is 137 Å². The van der Waals surface area contributed by atoms with E-state index in [2.05, 4.69) is 0 Å². The van der Waals surface area contributed by atoms with Crippen LogP contribution < -0.4 is 9.47 Å². The molecule has 0 saturated heterocycles. The predicted octanol–water partition coefficient (Wildman–Crippen LogP) is 3.39. The van der Waals surface area contributed by atoms with Crippen molar-refractivity contribution in [2.24, 2.45) is 0 Å². The number of nitro groups is 1. The first-order valence-corrected chi connectivity index (χ1v) is 7.40. The van der Waals surface area contributed by atoms with Gasteiger partial charge in [0, 0.05) is 24.1 Å². The van der Waals surface area contributed by atoms with Crippen LogP contribution in [0.15, 0.2) is 42.5 Å². The molecular weight excluding hydrogens is 317 g/mol. The Hall–Kier alpha value is -2.67. The van der Waals surface area contributed by atoms with Gasteiger partial charge in [0.25, 0.3) is 5.69 Å². The first-order valence-electron chi connectivity index (χ1n) is 7.40. The number of aliphatic hydroxyl groups is 1. The minimum Gasteiger partial charge on any atom is -0.489 e. The summed E-state index contributed by atoms with van der Waals surface area (Å²) in [4.78, 5) is 10.2. The number of non-ortho nitro benzene ring substituents is 1. The summed E-state index contributed by atoms with van der Waals surface area (Å²) in [6.45, 7) is 1.92. The third kappa shape index (κ3) is 3.30. The van der Waals surface area contributed by atoms with Gasteiger partial charge in [0.15, 0.2) is 0 Å². The van der Waals surface area contributed by atoms with Gasteiger partial charge in [-0.1, -0.05) is 0 Å². The van der Waals surface area contributed by atoms with Crippen LogP contribution in [0.3, 0.4) is 0 Å². The van der Waals surface area contributed by atoms with Gasteiger partial charge in [-0.05, 0) is 37.3 Å². The fourth-order valence-corrected chi connectivity index (χ4v) is 2.69. The molecule has 0 radical (unpaired) electrons. The maximum absolute atomic E-state index is 13.3. The molecule has 126 valence electrons. The van der Waals surface area contributed by atoms with Crippen LogP contribution in [0, 0.1) is 15.9 Å². The first kappa shape index (κ1) is 16.2. The fourth-order valence-electron chi connectivity index (χ4n) is 2.69. The van der Waals surface area contributed by atoms with Gasteiger partial charge in [-0.25, -0.2) is 4.39 Å². The van der Waals surface area contributed by atoms with E-state index >= 15 is 0 Å². The van der Waals surface area contributed by atoms with Gasteiger partial charge in [0.2, 0.25) is 0 Å². The second-order valence-electron chi connectivity index (χ2n) is 5.99. The highest BCUT2D eigenvalue weighted by atomic mass is 19.1. The van der Waals surface area contributed by atoms with Crippen molar-refractivity contribution >= 4 is 5.69 Å². The van der Waals surface area contributed by atoms with Crippen molar-refractivity contribution in [3.05, 3.63) is 64.0 Å². The summed E-state index contributed by atoms with van der Waals surface area (Å²) in [5.74, 6) is 0.455. The molecule has 2 unspecified atom stereocenters. The molecule has 0 spiro atoms. The number of benzene rings is 2. The van der Waals surface area contributed by atoms with Gasteiger partial charge in [0.05, 0.1) is 11.0 Å². The number of hydrogen-bond donors (Lipinski definition) is 1. The normalized spacial score (nSPS) is 22.4. The molecule has 2 aromatic carbocycles. The lowest BCUT2D eigenvalue weighted by molar-refractivity contribution is -0.384. The van der Waals surface area contributed by atoms with Gasteiger partial charge in [-0.2, -0.15) is 0 Å². The third-order valence-corrected chi connectivity index (χ3v) is 3.90. The number of halogens is 1. The molecule has 1 heterocycles. The average Bonchev–Trinajstić information content (AvgIpc) is 2.54. The van der Waals surface area contributed by atoms with E-state index < -0.39 is 22.4 Å². The smallest absolute Gasteiger partial charge is 0.269 e. The third-order valence-electron chi connectivity index (χ3n) is 3.90. The number of fused-ring (bicyclic) bond motifs is 1. The van der Waals surface area contributed by atoms with E-state index in [1.807, 2.05) is 0 Å². The molecular formula is C17H16FNO5.